The molecule has 1 unspecified atom stereocenters. The first-order valence-electron chi connectivity index (χ1n) is 3.15. The van der Waals surface area contributed by atoms with E-state index in [2.05, 4.69) is 4.72 Å². The summed E-state index contributed by atoms with van der Waals surface area (Å²) in [7, 11) is -1.35. The molecular weight excluding hydrogens is 186 g/mol. The van der Waals surface area contributed by atoms with Crippen LogP contribution in [-0.4, -0.2) is 20.7 Å². The zero-order chi connectivity index (χ0) is 9.07. The topological polar surface area (TPSA) is 46.2 Å². The van der Waals surface area contributed by atoms with E-state index in [0.717, 1.165) is 0 Å². The Labute approximate surface area is 74.1 Å². The van der Waals surface area contributed by atoms with Gasteiger partial charge in [-0.05, 0) is 20.8 Å². The summed E-state index contributed by atoms with van der Waals surface area (Å²) in [6.07, 6.45) is 0. The van der Waals surface area contributed by atoms with Gasteiger partial charge >= 0.3 is 0 Å². The Morgan fingerprint density at radius 3 is 2.27 bits per heavy atom. The summed E-state index contributed by atoms with van der Waals surface area (Å²) in [6.45, 7) is 5.33. The Bertz CT molecular complexity index is 176. The maximum Gasteiger partial charge on any atom is 0.246 e. The number of halogens is 1. The second-order valence-corrected chi connectivity index (χ2v) is 5.27. The molecule has 1 amide bonds. The van der Waals surface area contributed by atoms with Crippen LogP contribution in [0.5, 0.6) is 0 Å². The van der Waals surface area contributed by atoms with Gasteiger partial charge in [-0.2, -0.15) is 0 Å². The number of alkyl halides is 1. The fourth-order valence-electron chi connectivity index (χ4n) is 0.284. The molecule has 0 heterocycles. The first-order valence-corrected chi connectivity index (χ1v) is 4.83. The lowest BCUT2D eigenvalue weighted by Crippen LogP contribution is -2.37. The van der Waals surface area contributed by atoms with Crippen molar-refractivity contribution in [2.45, 2.75) is 25.5 Å². The maximum atomic E-state index is 11.2. The molecule has 0 aliphatic carbocycles. The van der Waals surface area contributed by atoms with Crippen LogP contribution in [0.2, 0.25) is 0 Å². The fourth-order valence-corrected chi connectivity index (χ4v) is 1.01. The van der Waals surface area contributed by atoms with Gasteiger partial charge in [0.05, 0.1) is 4.75 Å². The molecule has 0 aromatic carbocycles. The van der Waals surface area contributed by atoms with Crippen molar-refractivity contribution >= 4 is 28.5 Å². The van der Waals surface area contributed by atoms with Crippen molar-refractivity contribution in [3.63, 3.8) is 0 Å². The minimum absolute atomic E-state index is 0.151. The highest BCUT2D eigenvalue weighted by molar-refractivity contribution is 7.85. The second kappa shape index (κ2) is 4.07. The Morgan fingerprint density at radius 1 is 1.55 bits per heavy atom. The average Bonchev–Trinajstić information content (AvgIpc) is 1.85. The molecule has 3 nitrogen and oxygen atoms in total. The zero-order valence-corrected chi connectivity index (χ0v) is 8.38. The molecule has 0 saturated heterocycles. The molecular formula is C6H12ClNO2S. The van der Waals surface area contributed by atoms with E-state index in [4.69, 9.17) is 11.6 Å². The van der Waals surface area contributed by atoms with Gasteiger partial charge in [0, 0.05) is 0 Å². The van der Waals surface area contributed by atoms with Gasteiger partial charge in [0.15, 0.2) is 0 Å². The standard InChI is InChI=1S/C6H12ClNO2S/c1-6(2,3)11(10)8-5(9)4-7/h4H2,1-3H3,(H,8,9). The summed E-state index contributed by atoms with van der Waals surface area (Å²) in [6, 6.07) is 0. The molecule has 66 valence electrons. The Kier molecular flexibility index (Phi) is 4.03. The molecule has 0 bridgehead atoms. The number of hydrogen-bond acceptors (Lipinski definition) is 2. The summed E-state index contributed by atoms with van der Waals surface area (Å²) in [4.78, 5) is 10.6. The van der Waals surface area contributed by atoms with Crippen LogP contribution in [0.1, 0.15) is 20.8 Å². The highest BCUT2D eigenvalue weighted by Crippen LogP contribution is 2.08. The van der Waals surface area contributed by atoms with E-state index < -0.39 is 21.6 Å². The Morgan fingerprint density at radius 2 is 2.00 bits per heavy atom. The quantitative estimate of drug-likeness (QED) is 0.666. The molecule has 5 heteroatoms. The molecule has 0 fully saturated rings. The van der Waals surface area contributed by atoms with Crippen LogP contribution in [0, 0.1) is 0 Å². The van der Waals surface area contributed by atoms with E-state index in [1.165, 1.54) is 0 Å². The smallest absolute Gasteiger partial charge is 0.246 e. The molecule has 0 radical (unpaired) electrons. The van der Waals surface area contributed by atoms with E-state index in [1.807, 2.05) is 0 Å². The Hall–Kier alpha value is -0.0900. The van der Waals surface area contributed by atoms with Gasteiger partial charge in [-0.25, -0.2) is 4.21 Å². The highest BCUT2D eigenvalue weighted by atomic mass is 35.5. The predicted molar refractivity (Wildman–Crippen MR) is 46.8 cm³/mol. The molecule has 0 rings (SSSR count). The monoisotopic (exact) mass is 197 g/mol. The minimum Gasteiger partial charge on any atom is -0.274 e. The predicted octanol–water partition coefficient (Wildman–Crippen LogP) is 0.804. The van der Waals surface area contributed by atoms with Crippen molar-refractivity contribution < 1.29 is 9.00 Å². The maximum absolute atomic E-state index is 11.2. The van der Waals surface area contributed by atoms with Gasteiger partial charge in [-0.1, -0.05) is 0 Å². The van der Waals surface area contributed by atoms with Crippen LogP contribution in [0.25, 0.3) is 0 Å². The van der Waals surface area contributed by atoms with Crippen molar-refractivity contribution in [2.24, 2.45) is 0 Å². The van der Waals surface area contributed by atoms with Crippen LogP contribution in [0.15, 0.2) is 0 Å². The molecule has 1 N–H and O–H groups in total. The van der Waals surface area contributed by atoms with Crippen LogP contribution >= 0.6 is 11.6 Å². The molecule has 0 spiro atoms. The van der Waals surface area contributed by atoms with Gasteiger partial charge in [-0.15, -0.1) is 11.6 Å². The van der Waals surface area contributed by atoms with Crippen LogP contribution in [0.3, 0.4) is 0 Å². The number of carbonyl (C=O) groups is 1. The number of hydrogen-bond donors (Lipinski definition) is 1. The van der Waals surface area contributed by atoms with Gasteiger partial charge < -0.3 is 0 Å². The highest BCUT2D eigenvalue weighted by Gasteiger charge is 2.20. The lowest BCUT2D eigenvalue weighted by Gasteiger charge is -2.16. The van der Waals surface area contributed by atoms with Crippen molar-refractivity contribution in [1.29, 1.82) is 0 Å². The first kappa shape index (κ1) is 10.9. The summed E-state index contributed by atoms with van der Waals surface area (Å²) in [5, 5.41) is 0. The van der Waals surface area contributed by atoms with Crippen molar-refractivity contribution in [1.82, 2.24) is 4.72 Å². The van der Waals surface area contributed by atoms with Crippen molar-refractivity contribution in [3.05, 3.63) is 0 Å². The molecule has 0 aromatic heterocycles. The summed E-state index contributed by atoms with van der Waals surface area (Å²) in [5.41, 5.74) is 0. The van der Waals surface area contributed by atoms with Crippen LogP contribution in [0.4, 0.5) is 0 Å². The van der Waals surface area contributed by atoms with E-state index >= 15 is 0 Å². The van der Waals surface area contributed by atoms with Gasteiger partial charge in [0.2, 0.25) is 5.91 Å². The first-order chi connectivity index (χ1) is 4.88. The molecule has 1 atom stereocenters. The Balaban J connectivity index is 3.99. The average molecular weight is 198 g/mol. The normalized spacial score (nSPS) is 14.2. The molecule has 0 saturated carbocycles. The van der Waals surface area contributed by atoms with E-state index in [1.54, 1.807) is 20.8 Å². The summed E-state index contributed by atoms with van der Waals surface area (Å²) in [5.74, 6) is -0.554. The lowest BCUT2D eigenvalue weighted by atomic mass is 10.3. The third kappa shape index (κ3) is 4.37. The summed E-state index contributed by atoms with van der Waals surface area (Å²) >= 11 is 5.20. The second-order valence-electron chi connectivity index (χ2n) is 3.04. The van der Waals surface area contributed by atoms with E-state index in [-0.39, 0.29) is 5.88 Å². The molecule has 0 aliphatic heterocycles. The molecule has 0 aromatic rings. The van der Waals surface area contributed by atoms with Crippen LogP contribution in [-0.2, 0) is 15.8 Å². The zero-order valence-electron chi connectivity index (χ0n) is 6.81. The van der Waals surface area contributed by atoms with Crippen molar-refractivity contribution in [2.75, 3.05) is 5.88 Å². The van der Waals surface area contributed by atoms with Crippen LogP contribution < -0.4 is 4.72 Å². The number of carbonyl (C=O) groups excluding carboxylic acids is 1. The number of rotatable bonds is 2. The van der Waals surface area contributed by atoms with Gasteiger partial charge in [0.1, 0.15) is 16.9 Å². The van der Waals surface area contributed by atoms with E-state index in [9.17, 15) is 9.00 Å². The molecule has 11 heavy (non-hydrogen) atoms. The third-order valence-electron chi connectivity index (χ3n) is 0.884. The number of amides is 1. The van der Waals surface area contributed by atoms with Gasteiger partial charge in [-0.3, -0.25) is 9.52 Å². The van der Waals surface area contributed by atoms with Gasteiger partial charge in [0.25, 0.3) is 0 Å². The lowest BCUT2D eigenvalue weighted by molar-refractivity contribution is -0.116. The third-order valence-corrected chi connectivity index (χ3v) is 2.65. The summed E-state index contributed by atoms with van der Waals surface area (Å²) < 4.78 is 13.0. The minimum atomic E-state index is -1.35. The fraction of sp³-hybridized carbons (Fsp3) is 0.833. The number of nitrogens with one attached hydrogen (secondary N) is 1. The van der Waals surface area contributed by atoms with Crippen molar-refractivity contribution in [3.8, 4) is 0 Å². The largest absolute Gasteiger partial charge is 0.274 e. The molecule has 0 aliphatic rings. The SMILES string of the molecule is CC(C)(C)S(=O)NC(=O)CCl. The van der Waals surface area contributed by atoms with E-state index in [0.29, 0.717) is 0 Å².